The van der Waals surface area contributed by atoms with E-state index in [1.807, 2.05) is 6.92 Å². The van der Waals surface area contributed by atoms with Crippen LogP contribution in [0.15, 0.2) is 18.3 Å². The zero-order valence-corrected chi connectivity index (χ0v) is 10.7. The van der Waals surface area contributed by atoms with Gasteiger partial charge in [0.1, 0.15) is 0 Å². The number of anilines is 1. The van der Waals surface area contributed by atoms with E-state index in [2.05, 4.69) is 10.3 Å². The highest BCUT2D eigenvalue weighted by atomic mass is 19.2. The van der Waals surface area contributed by atoms with Crippen LogP contribution in [-0.4, -0.2) is 16.1 Å². The molecule has 0 saturated heterocycles. The van der Waals surface area contributed by atoms with Gasteiger partial charge >= 0.3 is 0 Å². The van der Waals surface area contributed by atoms with E-state index in [-0.39, 0.29) is 5.69 Å². The molecule has 0 spiro atoms. The quantitative estimate of drug-likeness (QED) is 0.862. The summed E-state index contributed by atoms with van der Waals surface area (Å²) in [4.78, 5) is 4.22. The number of hydrogen-bond donors (Lipinski definition) is 1. The van der Waals surface area contributed by atoms with Crippen molar-refractivity contribution in [3.05, 3.63) is 41.5 Å². The van der Waals surface area contributed by atoms with Gasteiger partial charge in [-0.05, 0) is 13.3 Å². The molecule has 0 fully saturated rings. The standard InChI is InChI=1S/C13H14F3N3/c1-3-4-17-13-18-8(2)7-19(13)9-5-10(14)12(16)11(15)6-9/h5-7H,3-4H2,1-2H3,(H,17,18). The van der Waals surface area contributed by atoms with Gasteiger partial charge in [0.15, 0.2) is 17.5 Å². The van der Waals surface area contributed by atoms with Crippen molar-refractivity contribution >= 4 is 5.95 Å². The molecule has 0 aliphatic rings. The van der Waals surface area contributed by atoms with E-state index in [4.69, 9.17) is 0 Å². The third kappa shape index (κ3) is 2.72. The molecule has 0 bridgehead atoms. The van der Waals surface area contributed by atoms with E-state index in [0.717, 1.165) is 18.6 Å². The van der Waals surface area contributed by atoms with Crippen molar-refractivity contribution in [2.24, 2.45) is 0 Å². The minimum atomic E-state index is -1.47. The van der Waals surface area contributed by atoms with Gasteiger partial charge in [0.05, 0.1) is 11.4 Å². The Morgan fingerprint density at radius 2 is 1.84 bits per heavy atom. The second-order valence-electron chi connectivity index (χ2n) is 4.23. The van der Waals surface area contributed by atoms with Crippen LogP contribution in [0.1, 0.15) is 19.0 Å². The second-order valence-corrected chi connectivity index (χ2v) is 4.23. The number of hydrogen-bond acceptors (Lipinski definition) is 2. The first kappa shape index (κ1) is 13.5. The van der Waals surface area contributed by atoms with Crippen LogP contribution >= 0.6 is 0 Å². The van der Waals surface area contributed by atoms with Crippen molar-refractivity contribution in [2.45, 2.75) is 20.3 Å². The number of nitrogens with zero attached hydrogens (tertiary/aromatic N) is 2. The Morgan fingerprint density at radius 1 is 1.21 bits per heavy atom. The second kappa shape index (κ2) is 5.34. The highest BCUT2D eigenvalue weighted by molar-refractivity contribution is 5.43. The summed E-state index contributed by atoms with van der Waals surface area (Å²) in [6.45, 7) is 4.44. The van der Waals surface area contributed by atoms with E-state index < -0.39 is 17.5 Å². The van der Waals surface area contributed by atoms with Gasteiger partial charge in [-0.25, -0.2) is 18.2 Å². The molecule has 0 atom stereocenters. The van der Waals surface area contributed by atoms with Crippen molar-refractivity contribution in [2.75, 3.05) is 11.9 Å². The normalized spacial score (nSPS) is 10.8. The van der Waals surface area contributed by atoms with Crippen molar-refractivity contribution in [3.8, 4) is 5.69 Å². The molecule has 0 radical (unpaired) electrons. The Labute approximate surface area is 109 Å². The van der Waals surface area contributed by atoms with Crippen LogP contribution in [0, 0.1) is 24.4 Å². The number of nitrogens with one attached hydrogen (secondary N) is 1. The zero-order valence-electron chi connectivity index (χ0n) is 10.7. The Kier molecular flexibility index (Phi) is 3.78. The summed E-state index contributed by atoms with van der Waals surface area (Å²) in [6, 6.07) is 1.88. The largest absolute Gasteiger partial charge is 0.355 e. The molecule has 19 heavy (non-hydrogen) atoms. The number of benzene rings is 1. The van der Waals surface area contributed by atoms with Crippen LogP contribution < -0.4 is 5.32 Å². The fourth-order valence-electron chi connectivity index (χ4n) is 1.74. The van der Waals surface area contributed by atoms with E-state index in [1.54, 1.807) is 13.1 Å². The lowest BCUT2D eigenvalue weighted by atomic mass is 10.3. The lowest BCUT2D eigenvalue weighted by Gasteiger charge is -2.09. The first-order chi connectivity index (χ1) is 9.02. The third-order valence-electron chi connectivity index (χ3n) is 2.61. The van der Waals surface area contributed by atoms with Crippen LogP contribution in [0.4, 0.5) is 19.1 Å². The molecule has 2 aromatic rings. The third-order valence-corrected chi connectivity index (χ3v) is 2.61. The highest BCUT2D eigenvalue weighted by Crippen LogP contribution is 2.21. The molecule has 0 saturated carbocycles. The van der Waals surface area contributed by atoms with E-state index in [0.29, 0.717) is 18.2 Å². The van der Waals surface area contributed by atoms with Crippen molar-refractivity contribution in [1.29, 1.82) is 0 Å². The monoisotopic (exact) mass is 269 g/mol. The van der Waals surface area contributed by atoms with Crippen molar-refractivity contribution in [1.82, 2.24) is 9.55 Å². The summed E-state index contributed by atoms with van der Waals surface area (Å²) in [5.41, 5.74) is 0.888. The molecule has 0 aliphatic heterocycles. The summed E-state index contributed by atoms with van der Waals surface area (Å²) < 4.78 is 40.9. The van der Waals surface area contributed by atoms with Gasteiger partial charge in [-0.3, -0.25) is 4.57 Å². The molecule has 0 amide bonds. The Morgan fingerprint density at radius 3 is 2.42 bits per heavy atom. The summed E-state index contributed by atoms with van der Waals surface area (Å²) in [7, 11) is 0. The lowest BCUT2D eigenvalue weighted by Crippen LogP contribution is -2.07. The van der Waals surface area contributed by atoms with Crippen LogP contribution in [0.25, 0.3) is 5.69 Å². The summed E-state index contributed by atoms with van der Waals surface area (Å²) in [6.07, 6.45) is 2.52. The predicted octanol–water partition coefficient (Wildman–Crippen LogP) is 3.42. The fourth-order valence-corrected chi connectivity index (χ4v) is 1.74. The van der Waals surface area contributed by atoms with Crippen LogP contribution in [0.2, 0.25) is 0 Å². The minimum Gasteiger partial charge on any atom is -0.355 e. The van der Waals surface area contributed by atoms with Gasteiger partial charge in [-0.2, -0.15) is 0 Å². The average Bonchev–Trinajstić information content (AvgIpc) is 2.74. The molecule has 1 N–H and O–H groups in total. The Bertz CT molecular complexity index is 570. The molecule has 102 valence electrons. The molecule has 6 heteroatoms. The van der Waals surface area contributed by atoms with E-state index in [9.17, 15) is 13.2 Å². The van der Waals surface area contributed by atoms with E-state index >= 15 is 0 Å². The van der Waals surface area contributed by atoms with Crippen LogP contribution in [0.5, 0.6) is 0 Å². The SMILES string of the molecule is CCCNc1nc(C)cn1-c1cc(F)c(F)c(F)c1. The van der Waals surface area contributed by atoms with Gasteiger partial charge < -0.3 is 5.32 Å². The average molecular weight is 269 g/mol. The number of halogens is 3. The number of aryl methyl sites for hydroxylation is 1. The maximum Gasteiger partial charge on any atom is 0.207 e. The molecule has 3 nitrogen and oxygen atoms in total. The summed E-state index contributed by atoms with van der Waals surface area (Å²) in [5, 5.41) is 3.05. The maximum atomic E-state index is 13.2. The number of aromatic nitrogens is 2. The molecule has 0 unspecified atom stereocenters. The van der Waals surface area contributed by atoms with Crippen LogP contribution in [-0.2, 0) is 0 Å². The molecular formula is C13H14F3N3. The van der Waals surface area contributed by atoms with Gasteiger partial charge in [-0.1, -0.05) is 6.92 Å². The topological polar surface area (TPSA) is 29.9 Å². The van der Waals surface area contributed by atoms with Crippen LogP contribution in [0.3, 0.4) is 0 Å². The smallest absolute Gasteiger partial charge is 0.207 e. The zero-order chi connectivity index (χ0) is 14.0. The summed E-state index contributed by atoms with van der Waals surface area (Å²) in [5.74, 6) is -3.43. The maximum absolute atomic E-state index is 13.2. The molecule has 1 aromatic heterocycles. The fraction of sp³-hybridized carbons (Fsp3) is 0.308. The first-order valence-electron chi connectivity index (χ1n) is 5.97. The molecule has 1 heterocycles. The first-order valence-corrected chi connectivity index (χ1v) is 5.97. The Hall–Kier alpha value is -1.98. The van der Waals surface area contributed by atoms with Gasteiger partial charge in [0.25, 0.3) is 0 Å². The van der Waals surface area contributed by atoms with Crippen molar-refractivity contribution in [3.63, 3.8) is 0 Å². The Balaban J connectivity index is 2.46. The van der Waals surface area contributed by atoms with Gasteiger partial charge in [0.2, 0.25) is 5.95 Å². The summed E-state index contributed by atoms with van der Waals surface area (Å²) >= 11 is 0. The van der Waals surface area contributed by atoms with Gasteiger partial charge in [-0.15, -0.1) is 0 Å². The molecular weight excluding hydrogens is 255 g/mol. The minimum absolute atomic E-state index is 0.190. The predicted molar refractivity (Wildman–Crippen MR) is 67.0 cm³/mol. The lowest BCUT2D eigenvalue weighted by molar-refractivity contribution is 0.446. The van der Waals surface area contributed by atoms with Gasteiger partial charge in [0, 0.05) is 24.9 Å². The number of rotatable bonds is 4. The number of imidazole rings is 1. The molecule has 2 rings (SSSR count). The molecule has 1 aromatic carbocycles. The van der Waals surface area contributed by atoms with Crippen molar-refractivity contribution < 1.29 is 13.2 Å². The van der Waals surface area contributed by atoms with E-state index in [1.165, 1.54) is 4.57 Å². The highest BCUT2D eigenvalue weighted by Gasteiger charge is 2.14. The molecule has 0 aliphatic carbocycles.